The molecule has 0 aromatic rings. The number of ether oxygens (including phenoxy) is 1. The molecule has 0 aliphatic carbocycles. The average Bonchev–Trinajstić information content (AvgIpc) is 2.27. The summed E-state index contributed by atoms with van der Waals surface area (Å²) in [5.74, 6) is -0.799. The van der Waals surface area contributed by atoms with Gasteiger partial charge in [-0.1, -0.05) is 25.3 Å². The minimum atomic E-state index is -0.799. The van der Waals surface area contributed by atoms with Crippen molar-refractivity contribution in [1.82, 2.24) is 5.32 Å². The number of allylic oxidation sites excluding steroid dienone is 3. The summed E-state index contributed by atoms with van der Waals surface area (Å²) in [6.45, 7) is 10.2. The van der Waals surface area contributed by atoms with Crippen LogP contribution in [0.1, 0.15) is 6.92 Å². The smallest absolute Gasteiger partial charge is 0.236 e. The van der Waals surface area contributed by atoms with Crippen LogP contribution in [-0.2, 0) is 4.74 Å². The lowest BCUT2D eigenvalue weighted by atomic mass is 10.2. The van der Waals surface area contributed by atoms with Gasteiger partial charge in [0.25, 0.3) is 0 Å². The number of likely N-dealkylation sites (N-methyl/N-ethyl adjacent to an activating group) is 1. The third-order valence-corrected chi connectivity index (χ3v) is 1.72. The standard InChI is InChI=1S/C12H16BNO2/c1-4-10(9-16-12(13)15)7-8-11(5-2)14-6-3/h4-5,7-8,14H,1-2,6,9H2,3H3/b10-7+,11-8+. The molecule has 84 valence electrons. The molecule has 0 amide bonds. The van der Waals surface area contributed by atoms with Gasteiger partial charge >= 0.3 is 0 Å². The molecule has 1 N–H and O–H groups in total. The maximum atomic E-state index is 10.4. The Morgan fingerprint density at radius 1 is 1.38 bits per heavy atom. The normalized spacial score (nSPS) is 11.8. The Hall–Kier alpha value is -1.71. The van der Waals surface area contributed by atoms with Crippen molar-refractivity contribution < 1.29 is 9.53 Å². The number of hydrogen-bond acceptors (Lipinski definition) is 3. The topological polar surface area (TPSA) is 38.3 Å². The highest BCUT2D eigenvalue weighted by Crippen LogP contribution is 2.00. The van der Waals surface area contributed by atoms with Crippen molar-refractivity contribution in [2.45, 2.75) is 6.92 Å². The van der Waals surface area contributed by atoms with E-state index in [0.29, 0.717) is 0 Å². The van der Waals surface area contributed by atoms with Crippen LogP contribution in [0.2, 0.25) is 0 Å². The van der Waals surface area contributed by atoms with Gasteiger partial charge in [-0.05, 0) is 24.6 Å². The van der Waals surface area contributed by atoms with E-state index in [1.807, 2.05) is 13.0 Å². The summed E-state index contributed by atoms with van der Waals surface area (Å²) >= 11 is 0. The third-order valence-electron chi connectivity index (χ3n) is 1.72. The molecule has 0 bridgehead atoms. The number of carbonyl (C=O) groups is 1. The molecule has 2 radical (unpaired) electrons. The Bertz CT molecular complexity index is 319. The van der Waals surface area contributed by atoms with Gasteiger partial charge in [-0.3, -0.25) is 4.79 Å². The van der Waals surface area contributed by atoms with Gasteiger partial charge in [0.1, 0.15) is 6.61 Å². The van der Waals surface area contributed by atoms with Gasteiger partial charge in [0, 0.05) is 12.2 Å². The molecule has 0 aliphatic rings. The predicted molar refractivity (Wildman–Crippen MR) is 67.3 cm³/mol. The van der Waals surface area contributed by atoms with E-state index in [2.05, 4.69) is 23.2 Å². The molecule has 0 heterocycles. The number of hydrogen-bond donors (Lipinski definition) is 1. The highest BCUT2D eigenvalue weighted by Gasteiger charge is 1.95. The van der Waals surface area contributed by atoms with Crippen LogP contribution in [0.3, 0.4) is 0 Å². The van der Waals surface area contributed by atoms with Gasteiger partial charge in [-0.25, -0.2) is 0 Å². The maximum absolute atomic E-state index is 10.4. The van der Waals surface area contributed by atoms with Crippen LogP contribution in [-0.4, -0.2) is 26.9 Å². The van der Waals surface area contributed by atoms with Gasteiger partial charge < -0.3 is 10.1 Å². The van der Waals surface area contributed by atoms with E-state index in [1.54, 1.807) is 18.2 Å². The van der Waals surface area contributed by atoms with Crippen molar-refractivity contribution in [3.05, 3.63) is 48.7 Å². The van der Waals surface area contributed by atoms with Gasteiger partial charge in [0.05, 0.1) is 0 Å². The third kappa shape index (κ3) is 6.70. The summed E-state index contributed by atoms with van der Waals surface area (Å²) < 4.78 is 4.64. The predicted octanol–water partition coefficient (Wildman–Crippen LogP) is 2.08. The lowest BCUT2D eigenvalue weighted by Gasteiger charge is -2.04. The summed E-state index contributed by atoms with van der Waals surface area (Å²) in [6, 6.07) is 0. The van der Waals surface area contributed by atoms with E-state index < -0.39 is 5.87 Å². The minimum absolute atomic E-state index is 0.117. The molecule has 0 aromatic heterocycles. The zero-order valence-corrected chi connectivity index (χ0v) is 9.53. The number of nitrogens with one attached hydrogen (secondary N) is 1. The first-order valence-corrected chi connectivity index (χ1v) is 4.95. The average molecular weight is 217 g/mol. The van der Waals surface area contributed by atoms with Crippen molar-refractivity contribution >= 4 is 13.7 Å². The summed E-state index contributed by atoms with van der Waals surface area (Å²) in [5, 5.41) is 3.11. The van der Waals surface area contributed by atoms with Crippen molar-refractivity contribution in [3.63, 3.8) is 0 Å². The molecule has 0 rings (SSSR count). The molecule has 0 spiro atoms. The van der Waals surface area contributed by atoms with E-state index in [-0.39, 0.29) is 6.61 Å². The minimum Gasteiger partial charge on any atom is -0.470 e. The van der Waals surface area contributed by atoms with Gasteiger partial charge in [-0.15, -0.1) is 0 Å². The molecule has 0 fully saturated rings. The molecule has 4 heteroatoms. The molecule has 0 aliphatic heterocycles. The SMILES string of the molecule is [B]C(=O)OC/C(C=C)=C/C=C(\C=C)NCC. The number of rotatable bonds is 7. The first kappa shape index (κ1) is 14.3. The largest absolute Gasteiger partial charge is 0.470 e. The maximum Gasteiger partial charge on any atom is 0.236 e. The van der Waals surface area contributed by atoms with Crippen LogP contribution in [0.5, 0.6) is 0 Å². The summed E-state index contributed by atoms with van der Waals surface area (Å²) in [7, 11) is 4.86. The van der Waals surface area contributed by atoms with E-state index in [4.69, 9.17) is 7.85 Å². The Morgan fingerprint density at radius 3 is 2.50 bits per heavy atom. The second-order valence-corrected chi connectivity index (χ2v) is 2.91. The second kappa shape index (κ2) is 8.59. The molecular formula is C12H16BNO2. The van der Waals surface area contributed by atoms with Gasteiger partial charge in [0.2, 0.25) is 13.7 Å². The van der Waals surface area contributed by atoms with Crippen LogP contribution < -0.4 is 5.32 Å². The monoisotopic (exact) mass is 217 g/mol. The van der Waals surface area contributed by atoms with Crippen LogP contribution in [0.25, 0.3) is 0 Å². The zero-order chi connectivity index (χ0) is 12.4. The molecule has 16 heavy (non-hydrogen) atoms. The van der Waals surface area contributed by atoms with E-state index in [1.165, 1.54) is 0 Å². The van der Waals surface area contributed by atoms with Crippen LogP contribution in [0.4, 0.5) is 4.79 Å². The van der Waals surface area contributed by atoms with Gasteiger partial charge in [-0.2, -0.15) is 0 Å². The van der Waals surface area contributed by atoms with Crippen molar-refractivity contribution in [1.29, 1.82) is 0 Å². The van der Waals surface area contributed by atoms with Crippen LogP contribution >= 0.6 is 0 Å². The lowest BCUT2D eigenvalue weighted by molar-refractivity contribution is 0.184. The molecule has 0 unspecified atom stereocenters. The van der Waals surface area contributed by atoms with Crippen molar-refractivity contribution in [2.75, 3.05) is 13.2 Å². The van der Waals surface area contributed by atoms with E-state index in [9.17, 15) is 4.79 Å². The summed E-state index contributed by atoms with van der Waals surface area (Å²) in [6.07, 6.45) is 6.93. The Balaban J connectivity index is 4.49. The van der Waals surface area contributed by atoms with E-state index in [0.717, 1.165) is 17.8 Å². The summed E-state index contributed by atoms with van der Waals surface area (Å²) in [4.78, 5) is 10.4. The fraction of sp³-hybridized carbons (Fsp3) is 0.250. The first-order valence-electron chi connectivity index (χ1n) is 4.95. The summed E-state index contributed by atoms with van der Waals surface area (Å²) in [5.41, 5.74) is 1.65. The fourth-order valence-corrected chi connectivity index (χ4v) is 0.930. The first-order chi connectivity index (χ1) is 7.63. The van der Waals surface area contributed by atoms with Crippen molar-refractivity contribution in [2.24, 2.45) is 0 Å². The molecule has 0 aromatic carbocycles. The van der Waals surface area contributed by atoms with E-state index >= 15 is 0 Å². The molecule has 0 saturated carbocycles. The molecule has 3 nitrogen and oxygen atoms in total. The molecule has 0 saturated heterocycles. The Kier molecular flexibility index (Phi) is 7.68. The van der Waals surface area contributed by atoms with Gasteiger partial charge in [0.15, 0.2) is 0 Å². The Morgan fingerprint density at radius 2 is 2.06 bits per heavy atom. The highest BCUT2D eigenvalue weighted by atomic mass is 16.5. The van der Waals surface area contributed by atoms with Crippen LogP contribution in [0, 0.1) is 0 Å². The number of carbonyl (C=O) groups excluding carboxylic acids is 1. The fourth-order valence-electron chi connectivity index (χ4n) is 0.930. The van der Waals surface area contributed by atoms with Crippen LogP contribution in [0.15, 0.2) is 48.7 Å². The lowest BCUT2D eigenvalue weighted by Crippen LogP contribution is -2.09. The quantitative estimate of drug-likeness (QED) is 0.524. The highest BCUT2D eigenvalue weighted by molar-refractivity contribution is 6.55. The molecule has 0 atom stereocenters. The Labute approximate surface area is 98.0 Å². The van der Waals surface area contributed by atoms with Crippen molar-refractivity contribution in [3.8, 4) is 0 Å². The molecular weight excluding hydrogens is 201 g/mol. The zero-order valence-electron chi connectivity index (χ0n) is 9.53. The second-order valence-electron chi connectivity index (χ2n) is 2.91.